The van der Waals surface area contributed by atoms with Gasteiger partial charge in [0.15, 0.2) is 15.0 Å². The highest BCUT2D eigenvalue weighted by molar-refractivity contribution is 7.91. The highest BCUT2D eigenvalue weighted by Crippen LogP contribution is 2.34. The van der Waals surface area contributed by atoms with Crippen molar-refractivity contribution in [2.75, 3.05) is 37.8 Å². The fourth-order valence-electron chi connectivity index (χ4n) is 3.25. The van der Waals surface area contributed by atoms with E-state index in [1.165, 1.54) is 17.4 Å². The van der Waals surface area contributed by atoms with Crippen molar-refractivity contribution < 1.29 is 13.2 Å². The van der Waals surface area contributed by atoms with Gasteiger partial charge in [0.05, 0.1) is 26.4 Å². The molecule has 1 heterocycles. The molecular formula is C22H27Cl2N3O3S2. The quantitative estimate of drug-likeness (QED) is 0.418. The van der Waals surface area contributed by atoms with Gasteiger partial charge in [-0.1, -0.05) is 42.0 Å². The number of halogens is 2. The summed E-state index contributed by atoms with van der Waals surface area (Å²) >= 11 is 7.65. The van der Waals surface area contributed by atoms with E-state index in [9.17, 15) is 13.2 Å². The summed E-state index contributed by atoms with van der Waals surface area (Å²) < 4.78 is 26.1. The number of carbonyl (C=O) groups excluding carboxylic acids is 1. The lowest BCUT2D eigenvalue weighted by Crippen LogP contribution is -2.34. The summed E-state index contributed by atoms with van der Waals surface area (Å²) in [5.41, 5.74) is 1.78. The van der Waals surface area contributed by atoms with Gasteiger partial charge in [0.1, 0.15) is 0 Å². The zero-order valence-corrected chi connectivity index (χ0v) is 21.7. The first kappa shape index (κ1) is 26.5. The van der Waals surface area contributed by atoms with Crippen molar-refractivity contribution in [3.05, 3.63) is 52.5 Å². The third-order valence-corrected chi connectivity index (χ3v) is 8.27. The SMILES string of the molecule is CCS(=O)(=O)c1ccccc1C(=O)N(CCCN(C)C)c1nc2c(C)c(Cl)ccc2s1.Cl. The Labute approximate surface area is 204 Å². The Balaban J connectivity index is 0.00000363. The van der Waals surface area contributed by atoms with Crippen molar-refractivity contribution in [2.24, 2.45) is 0 Å². The standard InChI is InChI=1S/C22H26ClN3O3S2.ClH/c1-5-31(28,29)19-10-7-6-9-16(19)21(27)26(14-8-13-25(3)4)22-24-20-15(2)17(23)11-12-18(20)30-22;/h6-7,9-12H,5,8,13-14H2,1-4H3;1H. The number of fused-ring (bicyclic) bond motifs is 1. The lowest BCUT2D eigenvalue weighted by Gasteiger charge is -2.22. The minimum absolute atomic E-state index is 0. The molecule has 0 aliphatic carbocycles. The summed E-state index contributed by atoms with van der Waals surface area (Å²) in [6.07, 6.45) is 0.719. The summed E-state index contributed by atoms with van der Waals surface area (Å²) in [5, 5.41) is 1.15. The zero-order valence-electron chi connectivity index (χ0n) is 18.5. The first-order valence-electron chi connectivity index (χ1n) is 9.99. The Hall–Kier alpha value is -1.71. The normalized spacial score (nSPS) is 11.6. The van der Waals surface area contributed by atoms with Crippen molar-refractivity contribution in [3.63, 3.8) is 0 Å². The van der Waals surface area contributed by atoms with Gasteiger partial charge in [-0.25, -0.2) is 13.4 Å². The third kappa shape index (κ3) is 5.61. The number of hydrogen-bond acceptors (Lipinski definition) is 6. The fourth-order valence-corrected chi connectivity index (χ4v) is 5.54. The molecule has 3 aromatic rings. The molecule has 32 heavy (non-hydrogen) atoms. The molecule has 2 aromatic carbocycles. The Morgan fingerprint density at radius 2 is 1.81 bits per heavy atom. The number of anilines is 1. The van der Waals surface area contributed by atoms with Crippen molar-refractivity contribution in [1.82, 2.24) is 9.88 Å². The maximum absolute atomic E-state index is 13.6. The average molecular weight is 517 g/mol. The third-order valence-electron chi connectivity index (χ3n) is 5.03. The van der Waals surface area contributed by atoms with Gasteiger partial charge in [0.2, 0.25) is 0 Å². The molecule has 0 atom stereocenters. The van der Waals surface area contributed by atoms with Crippen LogP contribution < -0.4 is 4.90 Å². The molecule has 0 aliphatic heterocycles. The highest BCUT2D eigenvalue weighted by Gasteiger charge is 2.27. The van der Waals surface area contributed by atoms with Crippen molar-refractivity contribution in [1.29, 1.82) is 0 Å². The Morgan fingerprint density at radius 1 is 1.12 bits per heavy atom. The molecule has 10 heteroatoms. The van der Waals surface area contributed by atoms with Crippen LogP contribution in [0.2, 0.25) is 5.02 Å². The number of thiazole rings is 1. The number of amides is 1. The van der Waals surface area contributed by atoms with Gasteiger partial charge in [-0.2, -0.15) is 0 Å². The van der Waals surface area contributed by atoms with Gasteiger partial charge in [-0.15, -0.1) is 12.4 Å². The van der Waals surface area contributed by atoms with E-state index in [2.05, 4.69) is 0 Å². The molecule has 0 saturated heterocycles. The second-order valence-electron chi connectivity index (χ2n) is 7.53. The second kappa shape index (κ2) is 10.9. The Kier molecular flexibility index (Phi) is 9.07. The van der Waals surface area contributed by atoms with Crippen LogP contribution in [-0.4, -0.2) is 57.1 Å². The van der Waals surface area contributed by atoms with Gasteiger partial charge in [-0.05, 0) is 63.8 Å². The van der Waals surface area contributed by atoms with Crippen molar-refractivity contribution in [3.8, 4) is 0 Å². The van der Waals surface area contributed by atoms with Crippen molar-refractivity contribution in [2.45, 2.75) is 25.2 Å². The highest BCUT2D eigenvalue weighted by atomic mass is 35.5. The van der Waals surface area contributed by atoms with Crippen molar-refractivity contribution >= 4 is 66.4 Å². The van der Waals surface area contributed by atoms with Crippen LogP contribution in [0, 0.1) is 6.92 Å². The number of aromatic nitrogens is 1. The van der Waals surface area contributed by atoms with E-state index in [-0.39, 0.29) is 34.5 Å². The summed E-state index contributed by atoms with van der Waals surface area (Å²) in [5.74, 6) is -0.439. The molecule has 0 spiro atoms. The van der Waals surface area contributed by atoms with Crippen LogP contribution in [0.1, 0.15) is 29.3 Å². The van der Waals surface area contributed by atoms with Gasteiger partial charge >= 0.3 is 0 Å². The number of hydrogen-bond donors (Lipinski definition) is 0. The summed E-state index contributed by atoms with van der Waals surface area (Å²) in [6, 6.07) is 10.1. The molecule has 0 fully saturated rings. The smallest absolute Gasteiger partial charge is 0.261 e. The van der Waals surface area contributed by atoms with E-state index in [4.69, 9.17) is 16.6 Å². The summed E-state index contributed by atoms with van der Waals surface area (Å²) in [4.78, 5) is 22.0. The summed E-state index contributed by atoms with van der Waals surface area (Å²) in [7, 11) is 0.390. The first-order valence-corrected chi connectivity index (χ1v) is 12.8. The molecule has 174 valence electrons. The minimum Gasteiger partial charge on any atom is -0.309 e. The Morgan fingerprint density at radius 3 is 2.47 bits per heavy atom. The van der Waals surface area contributed by atoms with Crippen LogP contribution in [-0.2, 0) is 9.84 Å². The van der Waals surface area contributed by atoms with Gasteiger partial charge in [0, 0.05) is 11.6 Å². The summed E-state index contributed by atoms with van der Waals surface area (Å²) in [6.45, 7) is 4.68. The lowest BCUT2D eigenvalue weighted by atomic mass is 10.2. The Bertz CT molecular complexity index is 1210. The zero-order chi connectivity index (χ0) is 22.8. The molecule has 1 amide bonds. The van der Waals surface area contributed by atoms with Gasteiger partial charge in [0.25, 0.3) is 5.91 Å². The monoisotopic (exact) mass is 515 g/mol. The van der Waals surface area contributed by atoms with Crippen LogP contribution in [0.15, 0.2) is 41.3 Å². The maximum Gasteiger partial charge on any atom is 0.261 e. The van der Waals surface area contributed by atoms with Crippen LogP contribution in [0.3, 0.4) is 0 Å². The van der Waals surface area contributed by atoms with Gasteiger partial charge < -0.3 is 4.90 Å². The molecule has 3 rings (SSSR count). The number of carbonyl (C=O) groups is 1. The van der Waals surface area contributed by atoms with Crippen LogP contribution in [0.5, 0.6) is 0 Å². The number of nitrogens with zero attached hydrogens (tertiary/aromatic N) is 3. The number of sulfone groups is 1. The van der Waals surface area contributed by atoms with E-state index in [0.29, 0.717) is 16.7 Å². The molecule has 0 bridgehead atoms. The second-order valence-corrected chi connectivity index (χ2v) is 11.2. The van der Waals surface area contributed by atoms with E-state index in [1.807, 2.05) is 38.1 Å². The van der Waals surface area contributed by atoms with Gasteiger partial charge in [-0.3, -0.25) is 9.69 Å². The van der Waals surface area contributed by atoms with E-state index in [0.717, 1.165) is 28.7 Å². The van der Waals surface area contributed by atoms with Crippen LogP contribution >= 0.6 is 35.3 Å². The van der Waals surface area contributed by atoms with Crippen LogP contribution in [0.25, 0.3) is 10.2 Å². The van der Waals surface area contributed by atoms with E-state index >= 15 is 0 Å². The van der Waals surface area contributed by atoms with E-state index in [1.54, 1.807) is 30.0 Å². The molecule has 1 aromatic heterocycles. The molecule has 0 unspecified atom stereocenters. The molecule has 0 saturated carbocycles. The topological polar surface area (TPSA) is 70.6 Å². The molecule has 6 nitrogen and oxygen atoms in total. The molecule has 0 N–H and O–H groups in total. The largest absolute Gasteiger partial charge is 0.309 e. The molecule has 0 radical (unpaired) electrons. The predicted octanol–water partition coefficient (Wildman–Crippen LogP) is 5.07. The van der Waals surface area contributed by atoms with E-state index < -0.39 is 9.84 Å². The fraction of sp³-hybridized carbons (Fsp3) is 0.364. The lowest BCUT2D eigenvalue weighted by molar-refractivity contribution is 0.0983. The average Bonchev–Trinajstić information content (AvgIpc) is 3.18. The number of aryl methyl sites for hydroxylation is 1. The molecular weight excluding hydrogens is 489 g/mol. The minimum atomic E-state index is -3.55. The predicted molar refractivity (Wildman–Crippen MR) is 136 cm³/mol. The maximum atomic E-state index is 13.6. The molecule has 0 aliphatic rings. The number of benzene rings is 2. The number of rotatable bonds is 8. The van der Waals surface area contributed by atoms with Crippen LogP contribution in [0.4, 0.5) is 5.13 Å². The first-order chi connectivity index (χ1) is 14.7.